The molecule has 0 radical (unpaired) electrons. The van der Waals surface area contributed by atoms with Gasteiger partial charge in [0.1, 0.15) is 5.82 Å². The topological polar surface area (TPSA) is 26.0 Å². The Kier molecular flexibility index (Phi) is 3.85. The van der Waals surface area contributed by atoms with Gasteiger partial charge in [-0.2, -0.15) is 13.2 Å². The molecule has 2 rings (SSSR count). The number of nitrogens with two attached hydrogens (primary N) is 1. The van der Waals surface area contributed by atoms with Crippen molar-refractivity contribution < 1.29 is 17.6 Å². The highest BCUT2D eigenvalue weighted by Gasteiger charge is 2.40. The molecule has 1 aliphatic rings. The van der Waals surface area contributed by atoms with Gasteiger partial charge in [-0.15, -0.1) is 0 Å². The van der Waals surface area contributed by atoms with E-state index in [2.05, 4.69) is 0 Å². The number of halogens is 4. The number of rotatable bonds is 2. The standard InChI is InChI=1S/C14H17F4N/c15-12-10(5-4-6-11(12)14(16,17)18)13(9-19)7-2-1-3-8-13/h4-6H,1-3,7-9,19H2. The molecule has 1 nitrogen and oxygen atoms in total. The SMILES string of the molecule is NCC1(c2cccc(C(F)(F)F)c2F)CCCCC1. The lowest BCUT2D eigenvalue weighted by Gasteiger charge is -2.37. The van der Waals surface area contributed by atoms with E-state index in [0.29, 0.717) is 12.8 Å². The summed E-state index contributed by atoms with van der Waals surface area (Å²) < 4.78 is 52.5. The van der Waals surface area contributed by atoms with Crippen molar-refractivity contribution in [3.63, 3.8) is 0 Å². The molecule has 1 aromatic rings. The third-order valence-corrected chi connectivity index (χ3v) is 4.08. The molecular formula is C14H17F4N. The lowest BCUT2D eigenvalue weighted by Crippen LogP contribution is -2.38. The van der Waals surface area contributed by atoms with Gasteiger partial charge in [0.25, 0.3) is 0 Å². The average Bonchev–Trinajstić information content (AvgIpc) is 2.38. The second kappa shape index (κ2) is 5.12. The summed E-state index contributed by atoms with van der Waals surface area (Å²) >= 11 is 0. The van der Waals surface area contributed by atoms with E-state index < -0.39 is 23.0 Å². The molecule has 0 bridgehead atoms. The summed E-state index contributed by atoms with van der Waals surface area (Å²) in [6.45, 7) is 0.186. The molecule has 2 N–H and O–H groups in total. The van der Waals surface area contributed by atoms with E-state index in [1.54, 1.807) is 0 Å². The maximum atomic E-state index is 14.2. The Morgan fingerprint density at radius 1 is 1.11 bits per heavy atom. The lowest BCUT2D eigenvalue weighted by atomic mass is 9.69. The van der Waals surface area contributed by atoms with Crippen LogP contribution in [0.3, 0.4) is 0 Å². The second-order valence-electron chi connectivity index (χ2n) is 5.21. The Labute approximate surface area is 109 Å². The zero-order valence-electron chi connectivity index (χ0n) is 10.6. The van der Waals surface area contributed by atoms with Crippen LogP contribution >= 0.6 is 0 Å². The predicted molar refractivity (Wildman–Crippen MR) is 65.2 cm³/mol. The monoisotopic (exact) mass is 275 g/mol. The fraction of sp³-hybridized carbons (Fsp3) is 0.571. The minimum absolute atomic E-state index is 0.129. The van der Waals surface area contributed by atoms with Gasteiger partial charge in [-0.05, 0) is 24.5 Å². The van der Waals surface area contributed by atoms with Crippen LogP contribution in [-0.4, -0.2) is 6.54 Å². The summed E-state index contributed by atoms with van der Waals surface area (Å²) in [5.74, 6) is -1.15. The largest absolute Gasteiger partial charge is 0.419 e. The summed E-state index contributed by atoms with van der Waals surface area (Å²) in [5.41, 5.74) is 4.05. The molecule has 0 spiro atoms. The first-order valence-corrected chi connectivity index (χ1v) is 6.47. The first-order valence-electron chi connectivity index (χ1n) is 6.47. The average molecular weight is 275 g/mol. The van der Waals surface area contributed by atoms with Gasteiger partial charge in [0.2, 0.25) is 0 Å². The maximum Gasteiger partial charge on any atom is 0.419 e. The van der Waals surface area contributed by atoms with E-state index in [4.69, 9.17) is 5.73 Å². The van der Waals surface area contributed by atoms with E-state index in [1.807, 2.05) is 0 Å². The highest BCUT2D eigenvalue weighted by atomic mass is 19.4. The molecule has 1 aromatic carbocycles. The van der Waals surface area contributed by atoms with Crippen LogP contribution in [0.25, 0.3) is 0 Å². The summed E-state index contributed by atoms with van der Waals surface area (Å²) in [4.78, 5) is 0. The quantitative estimate of drug-likeness (QED) is 0.811. The highest BCUT2D eigenvalue weighted by Crippen LogP contribution is 2.42. The maximum absolute atomic E-state index is 14.2. The van der Waals surface area contributed by atoms with Gasteiger partial charge in [0, 0.05) is 12.0 Å². The van der Waals surface area contributed by atoms with Crippen LogP contribution in [0, 0.1) is 5.82 Å². The van der Waals surface area contributed by atoms with E-state index in [9.17, 15) is 17.6 Å². The van der Waals surface area contributed by atoms with Crippen molar-refractivity contribution in [1.29, 1.82) is 0 Å². The third-order valence-electron chi connectivity index (χ3n) is 4.08. The Morgan fingerprint density at radius 3 is 2.26 bits per heavy atom. The van der Waals surface area contributed by atoms with Crippen LogP contribution in [0.15, 0.2) is 18.2 Å². The van der Waals surface area contributed by atoms with Crippen LogP contribution in [0.5, 0.6) is 0 Å². The Bertz CT molecular complexity index is 447. The second-order valence-corrected chi connectivity index (χ2v) is 5.21. The van der Waals surface area contributed by atoms with E-state index in [-0.39, 0.29) is 12.1 Å². The van der Waals surface area contributed by atoms with Gasteiger partial charge in [0.15, 0.2) is 0 Å². The lowest BCUT2D eigenvalue weighted by molar-refractivity contribution is -0.140. The summed E-state index contributed by atoms with van der Waals surface area (Å²) in [7, 11) is 0. The summed E-state index contributed by atoms with van der Waals surface area (Å²) in [6, 6.07) is 3.50. The Hall–Kier alpha value is -1.10. The molecule has 106 valence electrons. The van der Waals surface area contributed by atoms with Crippen molar-refractivity contribution in [2.45, 2.75) is 43.7 Å². The van der Waals surface area contributed by atoms with Crippen LogP contribution in [0.2, 0.25) is 0 Å². The highest BCUT2D eigenvalue weighted by molar-refractivity contribution is 5.34. The number of hydrogen-bond acceptors (Lipinski definition) is 1. The molecular weight excluding hydrogens is 258 g/mol. The van der Waals surface area contributed by atoms with Crippen LogP contribution < -0.4 is 5.73 Å². The molecule has 0 atom stereocenters. The summed E-state index contributed by atoms with van der Waals surface area (Å²) in [6.07, 6.45) is -0.559. The normalized spacial score (nSPS) is 19.4. The smallest absolute Gasteiger partial charge is 0.330 e. The van der Waals surface area contributed by atoms with Gasteiger partial charge >= 0.3 is 6.18 Å². The van der Waals surface area contributed by atoms with Crippen molar-refractivity contribution in [3.8, 4) is 0 Å². The zero-order valence-corrected chi connectivity index (χ0v) is 10.6. The molecule has 1 fully saturated rings. The van der Waals surface area contributed by atoms with Gasteiger partial charge in [0.05, 0.1) is 5.56 Å². The van der Waals surface area contributed by atoms with E-state index in [0.717, 1.165) is 25.3 Å². The molecule has 0 aromatic heterocycles. The third kappa shape index (κ3) is 2.61. The summed E-state index contributed by atoms with van der Waals surface area (Å²) in [5, 5.41) is 0. The van der Waals surface area contributed by atoms with Crippen molar-refractivity contribution in [2.75, 3.05) is 6.54 Å². The predicted octanol–water partition coefficient (Wildman–Crippen LogP) is 4.01. The molecule has 19 heavy (non-hydrogen) atoms. The van der Waals surface area contributed by atoms with Gasteiger partial charge in [-0.25, -0.2) is 4.39 Å². The first kappa shape index (κ1) is 14.3. The van der Waals surface area contributed by atoms with E-state index in [1.165, 1.54) is 12.1 Å². The fourth-order valence-electron chi connectivity index (χ4n) is 2.97. The molecule has 5 heteroatoms. The molecule has 0 amide bonds. The van der Waals surface area contributed by atoms with Gasteiger partial charge in [-0.3, -0.25) is 0 Å². The number of benzene rings is 1. The Balaban J connectivity index is 2.50. The van der Waals surface area contributed by atoms with Crippen molar-refractivity contribution in [2.24, 2.45) is 5.73 Å². The molecule has 0 heterocycles. The molecule has 0 saturated heterocycles. The van der Waals surface area contributed by atoms with Crippen LogP contribution in [-0.2, 0) is 11.6 Å². The molecule has 1 saturated carbocycles. The first-order chi connectivity index (χ1) is 8.91. The van der Waals surface area contributed by atoms with Crippen molar-refractivity contribution >= 4 is 0 Å². The van der Waals surface area contributed by atoms with E-state index >= 15 is 0 Å². The molecule has 0 unspecified atom stereocenters. The minimum Gasteiger partial charge on any atom is -0.330 e. The van der Waals surface area contributed by atoms with Gasteiger partial charge in [-0.1, -0.05) is 31.4 Å². The number of alkyl halides is 3. The van der Waals surface area contributed by atoms with Crippen molar-refractivity contribution in [3.05, 3.63) is 35.1 Å². The van der Waals surface area contributed by atoms with Crippen molar-refractivity contribution in [1.82, 2.24) is 0 Å². The number of hydrogen-bond donors (Lipinski definition) is 1. The van der Waals surface area contributed by atoms with Crippen LogP contribution in [0.1, 0.15) is 43.2 Å². The van der Waals surface area contributed by atoms with Crippen LogP contribution in [0.4, 0.5) is 17.6 Å². The van der Waals surface area contributed by atoms with Gasteiger partial charge < -0.3 is 5.73 Å². The fourth-order valence-corrected chi connectivity index (χ4v) is 2.97. The minimum atomic E-state index is -4.66. The zero-order chi connectivity index (χ0) is 14.1. The Morgan fingerprint density at radius 2 is 1.74 bits per heavy atom. The molecule has 0 aliphatic heterocycles. The molecule has 1 aliphatic carbocycles.